The molecule has 0 heterocycles. The molecule has 6 heteroatoms. The molecule has 0 saturated carbocycles. The van der Waals surface area contributed by atoms with Gasteiger partial charge in [-0.3, -0.25) is 0 Å². The normalized spacial score (nSPS) is 10.4. The number of benzene rings is 1. The number of rotatable bonds is 3. The third kappa shape index (κ3) is 3.22. The molecular weight excluding hydrogens is 214 g/mol. The minimum Gasteiger partial charge on any atom is -0.240 e. The van der Waals surface area contributed by atoms with Crippen LogP contribution in [0.3, 0.4) is 0 Å². The Labute approximate surface area is 82.8 Å². The summed E-state index contributed by atoms with van der Waals surface area (Å²) in [7, 11) is -1.43. The van der Waals surface area contributed by atoms with Crippen LogP contribution in [0.2, 0.25) is 5.02 Å². The Morgan fingerprint density at radius 1 is 1.62 bits per heavy atom. The average molecular weight is 221 g/mol. The van der Waals surface area contributed by atoms with Crippen LogP contribution in [-0.4, -0.2) is 15.5 Å². The van der Waals surface area contributed by atoms with Crippen molar-refractivity contribution in [2.75, 3.05) is 12.1 Å². The van der Waals surface area contributed by atoms with Gasteiger partial charge in [-0.1, -0.05) is 17.7 Å². The fourth-order valence-corrected chi connectivity index (χ4v) is 1.24. The van der Waals surface area contributed by atoms with Crippen LogP contribution in [0.1, 0.15) is 0 Å². The lowest BCUT2D eigenvalue weighted by atomic mass is 10.3. The first-order valence-corrected chi connectivity index (χ1v) is 4.80. The standard InChI is InChI=1S/C7H7ClNO3S/c1-9(12-13(10)11)7-4-2-3-6(8)5-7/h2,4-5,13H,1H3. The first-order valence-electron chi connectivity index (χ1n) is 3.33. The smallest absolute Gasteiger partial charge is 0.240 e. The fraction of sp³-hybridized carbons (Fsp3) is 0.143. The van der Waals surface area contributed by atoms with Gasteiger partial charge >= 0.3 is 0 Å². The van der Waals surface area contributed by atoms with Gasteiger partial charge in [0.05, 0.1) is 10.7 Å². The molecule has 0 unspecified atom stereocenters. The van der Waals surface area contributed by atoms with Crippen LogP contribution in [0.15, 0.2) is 18.2 Å². The Morgan fingerprint density at radius 3 is 2.85 bits per heavy atom. The number of thiol groups is 1. The molecule has 0 bridgehead atoms. The van der Waals surface area contributed by atoms with Crippen molar-refractivity contribution in [1.29, 1.82) is 0 Å². The number of hydrogen-bond donors (Lipinski definition) is 1. The number of halogens is 1. The molecule has 1 rings (SSSR count). The summed E-state index contributed by atoms with van der Waals surface area (Å²) >= 11 is 5.64. The van der Waals surface area contributed by atoms with E-state index in [1.54, 1.807) is 18.2 Å². The number of hydroxylamine groups is 1. The second-order valence-electron chi connectivity index (χ2n) is 2.20. The maximum absolute atomic E-state index is 10.2. The molecule has 0 aliphatic rings. The Kier molecular flexibility index (Phi) is 3.53. The van der Waals surface area contributed by atoms with E-state index >= 15 is 0 Å². The minimum absolute atomic E-state index is 0.397. The highest BCUT2D eigenvalue weighted by atomic mass is 35.5. The summed E-state index contributed by atoms with van der Waals surface area (Å²) in [6.07, 6.45) is 0. The van der Waals surface area contributed by atoms with Crippen LogP contribution in [0.5, 0.6) is 0 Å². The van der Waals surface area contributed by atoms with Crippen molar-refractivity contribution >= 4 is 28.3 Å². The van der Waals surface area contributed by atoms with Gasteiger partial charge in [0.25, 0.3) is 11.0 Å². The molecular formula is C7H7ClNO3S. The van der Waals surface area contributed by atoms with Crippen LogP contribution in [0, 0.1) is 6.07 Å². The monoisotopic (exact) mass is 220 g/mol. The highest BCUT2D eigenvalue weighted by Gasteiger charge is 2.02. The lowest BCUT2D eigenvalue weighted by Crippen LogP contribution is -2.16. The molecule has 13 heavy (non-hydrogen) atoms. The Balaban J connectivity index is 2.82. The zero-order chi connectivity index (χ0) is 9.84. The zero-order valence-electron chi connectivity index (χ0n) is 6.73. The summed E-state index contributed by atoms with van der Waals surface area (Å²) in [5, 5.41) is 1.50. The molecule has 0 fully saturated rings. The molecule has 4 nitrogen and oxygen atoms in total. The van der Waals surface area contributed by atoms with Crippen molar-refractivity contribution in [3.8, 4) is 0 Å². The summed E-state index contributed by atoms with van der Waals surface area (Å²) in [6, 6.07) is 7.46. The van der Waals surface area contributed by atoms with Gasteiger partial charge in [-0.15, -0.1) is 0 Å². The van der Waals surface area contributed by atoms with E-state index in [4.69, 9.17) is 11.6 Å². The fourth-order valence-electron chi connectivity index (χ4n) is 0.769. The number of anilines is 1. The molecule has 71 valence electrons. The predicted molar refractivity (Wildman–Crippen MR) is 50.1 cm³/mol. The Hall–Kier alpha value is -0.780. The van der Waals surface area contributed by atoms with E-state index in [1.165, 1.54) is 7.05 Å². The summed E-state index contributed by atoms with van der Waals surface area (Å²) in [4.78, 5) is 0. The van der Waals surface area contributed by atoms with Gasteiger partial charge < -0.3 is 0 Å². The highest BCUT2D eigenvalue weighted by molar-refractivity contribution is 7.67. The quantitative estimate of drug-likeness (QED) is 0.611. The van der Waals surface area contributed by atoms with Crippen LogP contribution >= 0.6 is 11.6 Å². The van der Waals surface area contributed by atoms with E-state index in [-0.39, 0.29) is 0 Å². The van der Waals surface area contributed by atoms with E-state index in [0.29, 0.717) is 10.7 Å². The molecule has 0 aliphatic heterocycles. The van der Waals surface area contributed by atoms with E-state index < -0.39 is 11.0 Å². The van der Waals surface area contributed by atoms with Crippen LogP contribution < -0.4 is 5.06 Å². The number of nitrogens with zero attached hydrogens (tertiary/aromatic N) is 1. The van der Waals surface area contributed by atoms with E-state index in [0.717, 1.165) is 5.06 Å². The van der Waals surface area contributed by atoms with E-state index in [1.807, 2.05) is 0 Å². The van der Waals surface area contributed by atoms with Crippen LogP contribution in [0.25, 0.3) is 0 Å². The van der Waals surface area contributed by atoms with Crippen LogP contribution in [0.4, 0.5) is 5.69 Å². The molecule has 0 atom stereocenters. The molecule has 1 radical (unpaired) electrons. The van der Waals surface area contributed by atoms with Crippen molar-refractivity contribution in [1.82, 2.24) is 0 Å². The van der Waals surface area contributed by atoms with E-state index in [9.17, 15) is 8.42 Å². The summed E-state index contributed by atoms with van der Waals surface area (Å²) in [6.45, 7) is 0. The summed E-state index contributed by atoms with van der Waals surface area (Å²) in [5.41, 5.74) is 0.544. The second kappa shape index (κ2) is 4.45. The average Bonchev–Trinajstić information content (AvgIpc) is 2.03. The molecule has 0 aromatic heterocycles. The largest absolute Gasteiger partial charge is 0.277 e. The Morgan fingerprint density at radius 2 is 2.31 bits per heavy atom. The molecule has 0 saturated heterocycles. The topological polar surface area (TPSA) is 46.6 Å². The SMILES string of the molecule is CN(O[SH](=O)=O)c1cc[c]c(Cl)c1. The molecule has 0 aliphatic carbocycles. The zero-order valence-corrected chi connectivity index (χ0v) is 8.38. The lowest BCUT2D eigenvalue weighted by molar-refractivity contribution is 0.320. The van der Waals surface area contributed by atoms with Gasteiger partial charge in [-0.25, -0.2) is 13.5 Å². The van der Waals surface area contributed by atoms with Gasteiger partial charge in [0.2, 0.25) is 0 Å². The van der Waals surface area contributed by atoms with Gasteiger partial charge in [0.15, 0.2) is 0 Å². The highest BCUT2D eigenvalue weighted by Crippen LogP contribution is 2.17. The maximum Gasteiger partial charge on any atom is 0.277 e. The van der Waals surface area contributed by atoms with Crippen molar-refractivity contribution < 1.29 is 12.7 Å². The van der Waals surface area contributed by atoms with Gasteiger partial charge in [-0.05, 0) is 12.1 Å². The first-order chi connectivity index (χ1) is 6.09. The van der Waals surface area contributed by atoms with Crippen molar-refractivity contribution in [2.45, 2.75) is 0 Å². The third-order valence-electron chi connectivity index (χ3n) is 1.30. The van der Waals surface area contributed by atoms with E-state index in [2.05, 4.69) is 10.4 Å². The van der Waals surface area contributed by atoms with Gasteiger partial charge in [0, 0.05) is 13.1 Å². The van der Waals surface area contributed by atoms with Crippen molar-refractivity contribution in [3.05, 3.63) is 29.3 Å². The molecule has 0 N–H and O–H groups in total. The minimum atomic E-state index is -2.90. The van der Waals surface area contributed by atoms with Crippen LogP contribution in [-0.2, 0) is 15.3 Å². The number of hydrogen-bond acceptors (Lipinski definition) is 4. The van der Waals surface area contributed by atoms with Gasteiger partial charge in [-0.2, -0.15) is 4.28 Å². The third-order valence-corrected chi connectivity index (χ3v) is 1.90. The Bertz CT molecular complexity index is 359. The second-order valence-corrected chi connectivity index (χ2v) is 3.22. The maximum atomic E-state index is 10.2. The molecule has 0 amide bonds. The summed E-state index contributed by atoms with van der Waals surface area (Å²) in [5.74, 6) is 0. The van der Waals surface area contributed by atoms with Crippen molar-refractivity contribution in [2.24, 2.45) is 0 Å². The predicted octanol–water partition coefficient (Wildman–Crippen LogP) is 1.03. The first kappa shape index (κ1) is 10.3. The molecule has 1 aromatic carbocycles. The lowest BCUT2D eigenvalue weighted by Gasteiger charge is -2.13. The molecule has 0 spiro atoms. The van der Waals surface area contributed by atoms with Crippen molar-refractivity contribution in [3.63, 3.8) is 0 Å². The molecule has 1 aromatic rings. The van der Waals surface area contributed by atoms with Gasteiger partial charge in [0.1, 0.15) is 0 Å². The summed E-state index contributed by atoms with van der Waals surface area (Å²) < 4.78 is 24.8.